The molecule has 0 N–H and O–H groups in total. The van der Waals surface area contributed by atoms with Crippen molar-refractivity contribution in [1.82, 2.24) is 0 Å². The van der Waals surface area contributed by atoms with Gasteiger partial charge in [-0.3, -0.25) is 0 Å². The van der Waals surface area contributed by atoms with Gasteiger partial charge in [0.1, 0.15) is 11.2 Å². The van der Waals surface area contributed by atoms with Crippen molar-refractivity contribution in [1.29, 1.82) is 0 Å². The van der Waals surface area contributed by atoms with E-state index in [9.17, 15) is 5.48 Å². The smallest absolute Gasteiger partial charge is 0.143 e. The van der Waals surface area contributed by atoms with Gasteiger partial charge in [0, 0.05) is 33.1 Å². The Hall–Kier alpha value is -7.16. The van der Waals surface area contributed by atoms with Crippen molar-refractivity contribution in [3.63, 3.8) is 0 Å². The van der Waals surface area contributed by atoms with Crippen LogP contribution in [0.25, 0.3) is 77.2 Å². The molecule has 9 aromatic carbocycles. The van der Waals surface area contributed by atoms with Crippen LogP contribution in [-0.4, -0.2) is 0 Å². The van der Waals surface area contributed by atoms with Crippen LogP contribution in [0, 0.1) is 0 Å². The molecule has 0 spiro atoms. The first-order valence-electron chi connectivity index (χ1n) is 20.1. The minimum atomic E-state index is -0.136. The average molecular weight is 694 g/mol. The van der Waals surface area contributed by atoms with Gasteiger partial charge in [0.2, 0.25) is 0 Å². The first-order chi connectivity index (χ1) is 28.5. The molecule has 0 saturated heterocycles. The van der Waals surface area contributed by atoms with Gasteiger partial charge in [-0.05, 0) is 86.7 Å². The summed E-state index contributed by atoms with van der Waals surface area (Å²) < 4.78 is 44.7. The zero-order valence-corrected chi connectivity index (χ0v) is 29.3. The number of anilines is 3. The summed E-state index contributed by atoms with van der Waals surface area (Å²) in [6.07, 6.45) is 0. The molecule has 0 aliphatic rings. The number of para-hydroxylation sites is 1. The number of furan rings is 1. The van der Waals surface area contributed by atoms with Crippen LogP contribution in [0.4, 0.5) is 17.1 Å². The third-order valence-corrected chi connectivity index (χ3v) is 10.2. The Morgan fingerprint density at radius 2 is 0.926 bits per heavy atom. The Kier molecular flexibility index (Phi) is 6.84. The zero-order valence-electron chi connectivity index (χ0n) is 33.3. The average Bonchev–Trinajstić information content (AvgIpc) is 3.68. The predicted octanol–water partition coefficient (Wildman–Crippen LogP) is 14.9. The molecule has 10 rings (SSSR count). The lowest BCUT2D eigenvalue weighted by Crippen LogP contribution is -2.11. The van der Waals surface area contributed by atoms with Gasteiger partial charge in [0.25, 0.3) is 0 Å². The zero-order chi connectivity index (χ0) is 39.3. The standard InChI is InChI=1S/C52H35NO/c1-3-12-36(13-4-1)38-22-24-39(25-23-38)41-28-33-44(34-29-41)53(43-31-26-40(27-32-43)37-14-5-2-6-15-37)49-20-10-9-18-46(49)47-19-11-21-50-51(47)48-35-30-42-16-7-8-17-45(42)52(48)54-50/h1-35H/i28D,29D,33D,34D. The SMILES string of the molecule is [2H]c1c([2H])c(N(c2ccc(-c3ccccc3)cc2)c2ccccc2-c2cccc3oc4c5ccccc5ccc4c23)c([2H])c([2H])c1-c1ccc(-c2ccccc2)cc1. The highest BCUT2D eigenvalue weighted by Gasteiger charge is 2.21. The Morgan fingerprint density at radius 1 is 0.370 bits per heavy atom. The van der Waals surface area contributed by atoms with Crippen molar-refractivity contribution in [2.24, 2.45) is 0 Å². The van der Waals surface area contributed by atoms with E-state index in [0.29, 0.717) is 16.9 Å². The highest BCUT2D eigenvalue weighted by molar-refractivity contribution is 6.19. The molecular weight excluding hydrogens is 655 g/mol. The highest BCUT2D eigenvalue weighted by Crippen LogP contribution is 2.46. The fourth-order valence-electron chi connectivity index (χ4n) is 7.52. The number of benzene rings is 9. The fraction of sp³-hybridized carbons (Fsp3) is 0. The minimum absolute atomic E-state index is 0.110. The van der Waals surface area contributed by atoms with E-state index in [0.717, 1.165) is 66.1 Å². The summed E-state index contributed by atoms with van der Waals surface area (Å²) in [5.41, 5.74) is 9.95. The van der Waals surface area contributed by atoms with E-state index in [-0.39, 0.29) is 35.4 Å². The van der Waals surface area contributed by atoms with Crippen molar-refractivity contribution in [3.05, 3.63) is 212 Å². The van der Waals surface area contributed by atoms with Crippen LogP contribution in [0.15, 0.2) is 217 Å². The van der Waals surface area contributed by atoms with E-state index in [1.165, 1.54) is 0 Å². The quantitative estimate of drug-likeness (QED) is 0.165. The van der Waals surface area contributed by atoms with Crippen molar-refractivity contribution in [2.45, 2.75) is 0 Å². The fourth-order valence-corrected chi connectivity index (χ4v) is 7.52. The number of hydrogen-bond acceptors (Lipinski definition) is 2. The molecule has 54 heavy (non-hydrogen) atoms. The van der Waals surface area contributed by atoms with Crippen LogP contribution in [0.5, 0.6) is 0 Å². The second-order valence-corrected chi connectivity index (χ2v) is 13.4. The lowest BCUT2D eigenvalue weighted by atomic mass is 9.96. The monoisotopic (exact) mass is 693 g/mol. The van der Waals surface area contributed by atoms with Gasteiger partial charge >= 0.3 is 0 Å². The van der Waals surface area contributed by atoms with E-state index < -0.39 is 0 Å². The molecule has 2 heteroatoms. The molecule has 1 heterocycles. The summed E-state index contributed by atoms with van der Waals surface area (Å²) >= 11 is 0. The van der Waals surface area contributed by atoms with Crippen molar-refractivity contribution in [2.75, 3.05) is 4.90 Å². The summed E-state index contributed by atoms with van der Waals surface area (Å²) in [5, 5.41) is 4.09. The van der Waals surface area contributed by atoms with Crippen molar-refractivity contribution >= 4 is 49.8 Å². The highest BCUT2D eigenvalue weighted by atomic mass is 16.3. The van der Waals surface area contributed by atoms with E-state index in [1.807, 2.05) is 144 Å². The van der Waals surface area contributed by atoms with E-state index in [1.54, 1.807) is 0 Å². The van der Waals surface area contributed by atoms with Crippen LogP contribution in [0.2, 0.25) is 0 Å². The Balaban J connectivity index is 1.18. The summed E-state index contributed by atoms with van der Waals surface area (Å²) in [6.45, 7) is 0. The van der Waals surface area contributed by atoms with Crippen LogP contribution in [-0.2, 0) is 0 Å². The third kappa shape index (κ3) is 5.62. The Morgan fingerprint density at radius 3 is 1.63 bits per heavy atom. The van der Waals surface area contributed by atoms with Gasteiger partial charge in [-0.1, -0.05) is 170 Å². The maximum atomic E-state index is 9.62. The summed E-state index contributed by atoms with van der Waals surface area (Å²) in [7, 11) is 0. The molecular formula is C52H35NO. The van der Waals surface area contributed by atoms with Gasteiger partial charge in [0.05, 0.1) is 11.2 Å². The summed E-state index contributed by atoms with van der Waals surface area (Å²) in [4.78, 5) is 1.88. The largest absolute Gasteiger partial charge is 0.455 e. The number of fused-ring (bicyclic) bond motifs is 5. The van der Waals surface area contributed by atoms with Crippen molar-refractivity contribution in [3.8, 4) is 44.5 Å². The molecule has 0 radical (unpaired) electrons. The summed E-state index contributed by atoms with van der Waals surface area (Å²) in [5.74, 6) is 0. The topological polar surface area (TPSA) is 16.4 Å². The summed E-state index contributed by atoms with van der Waals surface area (Å²) in [6, 6.07) is 61.9. The molecule has 10 aromatic rings. The molecule has 0 saturated carbocycles. The van der Waals surface area contributed by atoms with E-state index in [4.69, 9.17) is 4.42 Å². The molecule has 1 aromatic heterocycles. The number of nitrogens with zero attached hydrogens (tertiary/aromatic N) is 1. The molecule has 0 aliphatic heterocycles. The third-order valence-electron chi connectivity index (χ3n) is 10.2. The Labute approximate surface area is 320 Å². The normalized spacial score (nSPS) is 12.4. The van der Waals surface area contributed by atoms with Gasteiger partial charge in [-0.25, -0.2) is 0 Å². The molecule has 0 aliphatic carbocycles. The van der Waals surface area contributed by atoms with Crippen LogP contribution < -0.4 is 4.90 Å². The molecule has 0 amide bonds. The second kappa shape index (κ2) is 13.4. The first-order valence-corrected chi connectivity index (χ1v) is 18.1. The Bertz CT molecular complexity index is 3110. The maximum absolute atomic E-state index is 9.62. The second-order valence-electron chi connectivity index (χ2n) is 13.4. The van der Waals surface area contributed by atoms with Crippen LogP contribution >= 0.6 is 0 Å². The number of hydrogen-bond donors (Lipinski definition) is 0. The van der Waals surface area contributed by atoms with Gasteiger partial charge in [-0.2, -0.15) is 0 Å². The first kappa shape index (κ1) is 27.5. The maximum Gasteiger partial charge on any atom is 0.143 e. The van der Waals surface area contributed by atoms with Gasteiger partial charge in [0.15, 0.2) is 0 Å². The molecule has 254 valence electrons. The molecule has 2 nitrogen and oxygen atoms in total. The molecule has 0 atom stereocenters. The van der Waals surface area contributed by atoms with Crippen LogP contribution in [0.1, 0.15) is 5.48 Å². The number of rotatable bonds is 7. The van der Waals surface area contributed by atoms with Gasteiger partial charge < -0.3 is 9.32 Å². The molecule has 0 unspecified atom stereocenters. The lowest BCUT2D eigenvalue weighted by Gasteiger charge is -2.28. The van der Waals surface area contributed by atoms with Crippen LogP contribution in [0.3, 0.4) is 0 Å². The van der Waals surface area contributed by atoms with Crippen molar-refractivity contribution < 1.29 is 9.90 Å². The lowest BCUT2D eigenvalue weighted by molar-refractivity contribution is 0.673. The van der Waals surface area contributed by atoms with Gasteiger partial charge in [-0.15, -0.1) is 0 Å². The van der Waals surface area contributed by atoms with E-state index >= 15 is 0 Å². The van der Waals surface area contributed by atoms with E-state index in [2.05, 4.69) is 48.5 Å². The predicted molar refractivity (Wildman–Crippen MR) is 228 cm³/mol. The molecule has 0 bridgehead atoms. The molecule has 0 fully saturated rings. The minimum Gasteiger partial charge on any atom is -0.455 e.